The van der Waals surface area contributed by atoms with Gasteiger partial charge in [0.1, 0.15) is 5.82 Å². The average molecular weight is 375 g/mol. The molecule has 0 radical (unpaired) electrons. The van der Waals surface area contributed by atoms with Crippen molar-refractivity contribution in [3.63, 3.8) is 0 Å². The van der Waals surface area contributed by atoms with E-state index in [2.05, 4.69) is 25.7 Å². The van der Waals surface area contributed by atoms with Gasteiger partial charge in [-0.25, -0.2) is 4.39 Å². The number of rotatable bonds is 3. The summed E-state index contributed by atoms with van der Waals surface area (Å²) < 4.78 is 14.2. The molecule has 2 aliphatic rings. The number of hydrogen-bond donors (Lipinski definition) is 0. The molecular weight excluding hydrogens is 339 g/mol. The van der Waals surface area contributed by atoms with E-state index in [0.29, 0.717) is 5.41 Å². The number of fused-ring (bicyclic) bond motifs is 2. The van der Waals surface area contributed by atoms with Crippen LogP contribution < -0.4 is 0 Å². The number of halogens is 1. The third-order valence-electron chi connectivity index (χ3n) is 6.80. The van der Waals surface area contributed by atoms with E-state index in [1.807, 2.05) is 18.0 Å². The van der Waals surface area contributed by atoms with Crippen LogP contribution in [-0.4, -0.2) is 42.4 Å². The minimum atomic E-state index is -0.158. The van der Waals surface area contributed by atoms with E-state index in [1.54, 1.807) is 19.1 Å². The molecule has 1 aliphatic heterocycles. The summed E-state index contributed by atoms with van der Waals surface area (Å²) in [5.41, 5.74) is 2.75. The normalized spacial score (nSPS) is 22.5. The van der Waals surface area contributed by atoms with Crippen LogP contribution in [0.2, 0.25) is 0 Å². The fourth-order valence-corrected chi connectivity index (χ4v) is 4.82. The maximum atomic E-state index is 14.2. The molecule has 27 heavy (non-hydrogen) atoms. The second-order valence-electron chi connectivity index (χ2n) is 9.85. The Morgan fingerprint density at radius 3 is 2.52 bits per heavy atom. The molecule has 1 fully saturated rings. The molecule has 3 rings (SSSR count). The van der Waals surface area contributed by atoms with E-state index in [9.17, 15) is 9.18 Å². The summed E-state index contributed by atoms with van der Waals surface area (Å²) in [6.45, 7) is 11.8. The summed E-state index contributed by atoms with van der Waals surface area (Å²) in [5.74, 6) is -0.0855. The maximum absolute atomic E-state index is 14.2. The summed E-state index contributed by atoms with van der Waals surface area (Å²) in [6, 6.07) is 5.29. The van der Waals surface area contributed by atoms with Gasteiger partial charge in [-0.15, -0.1) is 0 Å². The second-order valence-corrected chi connectivity index (χ2v) is 9.85. The van der Waals surface area contributed by atoms with Crippen LogP contribution in [0.25, 0.3) is 0 Å². The Balaban J connectivity index is 1.80. The van der Waals surface area contributed by atoms with Gasteiger partial charge in [0.2, 0.25) is 5.91 Å². The van der Waals surface area contributed by atoms with Crippen molar-refractivity contribution in [1.82, 2.24) is 9.80 Å². The van der Waals surface area contributed by atoms with Crippen molar-refractivity contribution in [3.8, 4) is 0 Å². The Morgan fingerprint density at radius 1 is 1.26 bits per heavy atom. The van der Waals surface area contributed by atoms with Crippen LogP contribution in [0.1, 0.15) is 77.0 Å². The van der Waals surface area contributed by atoms with E-state index in [0.717, 1.165) is 56.4 Å². The fraction of sp³-hybridized carbons (Fsp3) is 0.696. The number of benzene rings is 1. The van der Waals surface area contributed by atoms with Gasteiger partial charge < -0.3 is 9.80 Å². The molecule has 0 saturated carbocycles. The fourth-order valence-electron chi connectivity index (χ4n) is 4.82. The molecule has 1 spiro atoms. The van der Waals surface area contributed by atoms with E-state index < -0.39 is 0 Å². The highest BCUT2D eigenvalue weighted by atomic mass is 19.1. The summed E-state index contributed by atoms with van der Waals surface area (Å²) >= 11 is 0. The molecule has 1 aliphatic carbocycles. The number of nitrogens with zero attached hydrogens (tertiary/aromatic N) is 2. The van der Waals surface area contributed by atoms with E-state index >= 15 is 0 Å². The molecule has 0 aromatic heterocycles. The highest BCUT2D eigenvalue weighted by Gasteiger charge is 2.43. The Labute approximate surface area is 163 Å². The molecule has 4 heteroatoms. The van der Waals surface area contributed by atoms with Gasteiger partial charge >= 0.3 is 0 Å². The average Bonchev–Trinajstić information content (AvgIpc) is 2.61. The topological polar surface area (TPSA) is 23.6 Å². The molecule has 1 atom stereocenters. The van der Waals surface area contributed by atoms with Crippen LogP contribution in [-0.2, 0) is 10.2 Å². The molecule has 1 aromatic rings. The molecule has 150 valence electrons. The van der Waals surface area contributed by atoms with Gasteiger partial charge in [0, 0.05) is 14.0 Å². The minimum absolute atomic E-state index is 0.0719. The zero-order valence-corrected chi connectivity index (χ0v) is 17.6. The van der Waals surface area contributed by atoms with Crippen LogP contribution in [0.5, 0.6) is 0 Å². The highest BCUT2D eigenvalue weighted by Crippen LogP contribution is 2.49. The van der Waals surface area contributed by atoms with Gasteiger partial charge in [-0.1, -0.05) is 26.8 Å². The Kier molecular flexibility index (Phi) is 5.67. The monoisotopic (exact) mass is 374 g/mol. The van der Waals surface area contributed by atoms with Gasteiger partial charge in [-0.3, -0.25) is 4.79 Å². The van der Waals surface area contributed by atoms with Crippen molar-refractivity contribution in [3.05, 3.63) is 35.1 Å². The lowest BCUT2D eigenvalue weighted by Crippen LogP contribution is -2.47. The van der Waals surface area contributed by atoms with Crippen LogP contribution in [0, 0.1) is 11.2 Å². The Bertz CT molecular complexity index is 686. The molecule has 1 saturated heterocycles. The van der Waals surface area contributed by atoms with Crippen molar-refractivity contribution in [2.75, 3.05) is 26.7 Å². The van der Waals surface area contributed by atoms with Crippen LogP contribution in [0.3, 0.4) is 0 Å². The SMILES string of the molecule is CC(=O)N(C)[C@H]1CCC2(CCN(CCC(C)(C)C)CC2)c2cc(F)ccc21. The minimum Gasteiger partial charge on any atom is -0.339 e. The van der Waals surface area contributed by atoms with Gasteiger partial charge in [0.15, 0.2) is 0 Å². The molecule has 1 aromatic carbocycles. The van der Waals surface area contributed by atoms with Crippen molar-refractivity contribution in [2.24, 2.45) is 5.41 Å². The number of carbonyl (C=O) groups is 1. The lowest BCUT2D eigenvalue weighted by molar-refractivity contribution is -0.130. The predicted molar refractivity (Wildman–Crippen MR) is 108 cm³/mol. The number of likely N-dealkylation sites (tertiary alicyclic amines) is 1. The predicted octanol–water partition coefficient (Wildman–Crippen LogP) is 4.91. The quantitative estimate of drug-likeness (QED) is 0.750. The van der Waals surface area contributed by atoms with Crippen LogP contribution >= 0.6 is 0 Å². The van der Waals surface area contributed by atoms with E-state index in [1.165, 1.54) is 6.42 Å². The first-order valence-corrected chi connectivity index (χ1v) is 10.4. The number of hydrogen-bond acceptors (Lipinski definition) is 2. The Hall–Kier alpha value is -1.42. The van der Waals surface area contributed by atoms with Gasteiger partial charge in [0.25, 0.3) is 0 Å². The molecule has 1 amide bonds. The van der Waals surface area contributed by atoms with Crippen molar-refractivity contribution in [1.29, 1.82) is 0 Å². The summed E-state index contributed by atoms with van der Waals surface area (Å²) in [7, 11) is 1.87. The number of carbonyl (C=O) groups excluding carboxylic acids is 1. The molecule has 0 bridgehead atoms. The van der Waals surface area contributed by atoms with Crippen molar-refractivity contribution >= 4 is 5.91 Å². The summed E-state index contributed by atoms with van der Waals surface area (Å²) in [5, 5.41) is 0. The van der Waals surface area contributed by atoms with E-state index in [-0.39, 0.29) is 23.2 Å². The van der Waals surface area contributed by atoms with Crippen LogP contribution in [0.4, 0.5) is 4.39 Å². The summed E-state index contributed by atoms with van der Waals surface area (Å²) in [4.78, 5) is 16.3. The summed E-state index contributed by atoms with van der Waals surface area (Å²) in [6.07, 6.45) is 5.39. The van der Waals surface area contributed by atoms with Gasteiger partial charge in [-0.05, 0) is 85.8 Å². The molecular formula is C23H35FN2O. The lowest BCUT2D eigenvalue weighted by atomic mass is 9.63. The zero-order valence-electron chi connectivity index (χ0n) is 17.6. The highest BCUT2D eigenvalue weighted by molar-refractivity contribution is 5.73. The first kappa shape index (κ1) is 20.3. The maximum Gasteiger partial charge on any atom is 0.219 e. The van der Waals surface area contributed by atoms with E-state index in [4.69, 9.17) is 0 Å². The largest absolute Gasteiger partial charge is 0.339 e. The van der Waals surface area contributed by atoms with Gasteiger partial charge in [-0.2, -0.15) is 0 Å². The van der Waals surface area contributed by atoms with Crippen molar-refractivity contribution < 1.29 is 9.18 Å². The molecule has 0 N–H and O–H groups in total. The number of piperidine rings is 1. The molecule has 1 heterocycles. The molecule has 3 nitrogen and oxygen atoms in total. The smallest absolute Gasteiger partial charge is 0.219 e. The van der Waals surface area contributed by atoms with Crippen LogP contribution in [0.15, 0.2) is 18.2 Å². The van der Waals surface area contributed by atoms with Crippen molar-refractivity contribution in [2.45, 2.75) is 71.3 Å². The third-order valence-corrected chi connectivity index (χ3v) is 6.80. The zero-order chi connectivity index (χ0) is 19.8. The molecule has 0 unspecified atom stereocenters. The standard InChI is InChI=1S/C23H35FN2O/c1-17(27)25(5)21-8-9-23(20-16-18(24)6-7-19(20)21)11-14-26(15-12-23)13-10-22(2,3)4/h6-7,16,21H,8-15H2,1-5H3/t21-/m0/s1. The second kappa shape index (κ2) is 7.54. The van der Waals surface area contributed by atoms with Gasteiger partial charge in [0.05, 0.1) is 6.04 Å². The number of amides is 1. The Morgan fingerprint density at radius 2 is 1.93 bits per heavy atom. The lowest BCUT2D eigenvalue weighted by Gasteiger charge is -2.48. The third kappa shape index (κ3) is 4.37. The first-order chi connectivity index (χ1) is 12.6. The first-order valence-electron chi connectivity index (χ1n) is 10.4.